The Kier molecular flexibility index (Phi) is 14.2. The number of methoxy groups -OCH3 is 2. The number of aromatic nitrogens is 5. The topological polar surface area (TPSA) is 128 Å². The molecule has 2 N–H and O–H groups in total. The van der Waals surface area contributed by atoms with Gasteiger partial charge in [-0.3, -0.25) is 0 Å². The van der Waals surface area contributed by atoms with E-state index in [4.69, 9.17) is 24.4 Å². The fourth-order valence-electron chi connectivity index (χ4n) is 9.64. The van der Waals surface area contributed by atoms with Gasteiger partial charge in [-0.05, 0) is 33.4 Å². The van der Waals surface area contributed by atoms with Crippen LogP contribution in [0.4, 0.5) is 17.3 Å². The van der Waals surface area contributed by atoms with Crippen LogP contribution in [0, 0.1) is 0 Å². The van der Waals surface area contributed by atoms with Crippen LogP contribution >= 0.6 is 0 Å². The average Bonchev–Trinajstić information content (AvgIpc) is 4.10. The van der Waals surface area contributed by atoms with E-state index < -0.39 is 35.1 Å². The number of hydrogen-bond acceptors (Lipinski definition) is 10. The van der Waals surface area contributed by atoms with Crippen LogP contribution in [-0.2, 0) is 43.0 Å². The van der Waals surface area contributed by atoms with Gasteiger partial charge in [0.2, 0.25) is 0 Å². The third-order valence-corrected chi connectivity index (χ3v) is 13.0. The van der Waals surface area contributed by atoms with Gasteiger partial charge in [0.1, 0.15) is 34.8 Å². The van der Waals surface area contributed by atoms with Gasteiger partial charge in [-0.25, -0.2) is 24.5 Å². The lowest BCUT2D eigenvalue weighted by molar-refractivity contribution is -0.142. The molecule has 12 nitrogen and oxygen atoms in total. The highest BCUT2D eigenvalue weighted by molar-refractivity contribution is 5.81. The quantitative estimate of drug-likeness (QED) is 0.0598. The molecule has 0 spiro atoms. The molecule has 12 heteroatoms. The lowest BCUT2D eigenvalue weighted by Gasteiger charge is -2.37. The Hall–Kier alpha value is -8.77. The van der Waals surface area contributed by atoms with E-state index >= 15 is 0 Å². The Bertz CT molecular complexity index is 2750. The number of hydrogen-bond donors (Lipinski definition) is 2. The van der Waals surface area contributed by atoms with Crippen molar-refractivity contribution in [2.24, 2.45) is 0 Å². The molecule has 3 heterocycles. The molecule has 6 aromatic carbocycles. The molecule has 2 atom stereocenters. The Morgan fingerprint density at radius 2 is 0.775 bits per heavy atom. The highest BCUT2D eigenvalue weighted by Crippen LogP contribution is 2.42. The van der Waals surface area contributed by atoms with Gasteiger partial charge in [0.05, 0.1) is 38.3 Å². The van der Waals surface area contributed by atoms with Gasteiger partial charge in [-0.1, -0.05) is 182 Å². The van der Waals surface area contributed by atoms with E-state index in [1.807, 2.05) is 165 Å². The van der Waals surface area contributed by atoms with E-state index in [-0.39, 0.29) is 12.8 Å². The minimum atomic E-state index is -0.889. The lowest BCUT2D eigenvalue weighted by Crippen LogP contribution is -2.37. The SMILES string of the molecule is COC(=O)[C@H](Cc1cn(C(c2ccccc2)(c2ccccc2)c2ccccc2)cn1)Nc1cc(N(C)C)cc(N[C@@H](Cc2cn(C(c3ccccc3)(c3ccccc3)c3ccccc3)cn2)C(=O)OC)n1. The maximum Gasteiger partial charge on any atom is 0.328 e. The summed E-state index contributed by atoms with van der Waals surface area (Å²) < 4.78 is 15.0. The van der Waals surface area contributed by atoms with Crippen LogP contribution < -0.4 is 15.5 Å². The number of ether oxygens (including phenoxy) is 2. The number of imidazole rings is 2. The van der Waals surface area contributed by atoms with E-state index in [9.17, 15) is 9.59 Å². The smallest absolute Gasteiger partial charge is 0.328 e. The summed E-state index contributed by atoms with van der Waals surface area (Å²) in [7, 11) is 6.55. The maximum absolute atomic E-state index is 13.7. The molecule has 0 saturated carbocycles. The second-order valence-electron chi connectivity index (χ2n) is 17.5. The molecule has 3 aromatic heterocycles. The Labute approximate surface area is 414 Å². The van der Waals surface area contributed by atoms with E-state index in [0.717, 1.165) is 39.1 Å². The van der Waals surface area contributed by atoms with E-state index in [1.165, 1.54) is 14.2 Å². The fraction of sp³-hybridized carbons (Fsp3) is 0.169. The van der Waals surface area contributed by atoms with Crippen LogP contribution in [0.2, 0.25) is 0 Å². The number of rotatable bonds is 19. The van der Waals surface area contributed by atoms with Crippen molar-refractivity contribution >= 4 is 29.3 Å². The van der Waals surface area contributed by atoms with Gasteiger partial charge in [-0.2, -0.15) is 0 Å². The van der Waals surface area contributed by atoms with Gasteiger partial charge in [0.25, 0.3) is 0 Å². The Morgan fingerprint density at radius 3 is 1.03 bits per heavy atom. The zero-order valence-electron chi connectivity index (χ0n) is 40.2. The van der Waals surface area contributed by atoms with Gasteiger partial charge in [-0.15, -0.1) is 0 Å². The molecule has 71 heavy (non-hydrogen) atoms. The Balaban J connectivity index is 1.03. The molecule has 0 radical (unpaired) electrons. The molecule has 9 rings (SSSR count). The highest BCUT2D eigenvalue weighted by atomic mass is 16.5. The third-order valence-electron chi connectivity index (χ3n) is 13.0. The standard InChI is InChI=1S/C59H56N8O4/c1-65(2)51-37-54(62-52(56(68)70-3)35-49-39-66(41-60-49)58(43-23-11-5-12-24-43,44-25-13-6-14-26-44)45-27-15-7-16-28-45)64-55(38-51)63-53(57(69)71-4)36-50-40-67(42-61-50)59(46-29-17-8-18-30-46,47-31-19-9-20-32-47)48-33-21-10-22-34-48/h5-34,37-42,52-53H,35-36H2,1-4H3,(H2,62,63,64)/t52-,53-/m0/s1. The van der Waals surface area contributed by atoms with Gasteiger partial charge in [0, 0.05) is 57.2 Å². The number of nitrogens with one attached hydrogen (secondary N) is 2. The Morgan fingerprint density at radius 1 is 0.493 bits per heavy atom. The second-order valence-corrected chi connectivity index (χ2v) is 17.5. The summed E-state index contributed by atoms with van der Waals surface area (Å²) in [6, 6.07) is 64.0. The molecule has 0 aliphatic carbocycles. The molecule has 356 valence electrons. The molecule has 0 aliphatic rings. The zero-order valence-corrected chi connectivity index (χ0v) is 40.2. The highest BCUT2D eigenvalue weighted by Gasteiger charge is 2.40. The number of benzene rings is 6. The van der Waals surface area contributed by atoms with Gasteiger partial charge < -0.3 is 34.1 Å². The van der Waals surface area contributed by atoms with E-state index in [2.05, 4.69) is 92.6 Å². The first-order valence-electron chi connectivity index (χ1n) is 23.5. The van der Waals surface area contributed by atoms with Crippen molar-refractivity contribution in [3.63, 3.8) is 0 Å². The number of pyridine rings is 1. The first-order chi connectivity index (χ1) is 34.7. The number of esters is 2. The first-order valence-corrected chi connectivity index (χ1v) is 23.5. The van der Waals surface area contributed by atoms with Crippen molar-refractivity contribution in [1.29, 1.82) is 0 Å². The monoisotopic (exact) mass is 940 g/mol. The molecule has 0 saturated heterocycles. The van der Waals surface area contributed by atoms with Crippen molar-refractivity contribution in [2.45, 2.75) is 36.0 Å². The van der Waals surface area contributed by atoms with Gasteiger partial charge >= 0.3 is 11.9 Å². The van der Waals surface area contributed by atoms with Crippen LogP contribution in [0.25, 0.3) is 0 Å². The lowest BCUT2D eigenvalue weighted by atomic mass is 9.77. The minimum absolute atomic E-state index is 0.175. The second kappa shape index (κ2) is 21.3. The molecule has 0 amide bonds. The summed E-state index contributed by atoms with van der Waals surface area (Å²) in [5.41, 5.74) is 6.80. The maximum atomic E-state index is 13.7. The van der Waals surface area contributed by atoms with Crippen molar-refractivity contribution in [2.75, 3.05) is 43.8 Å². The predicted molar refractivity (Wildman–Crippen MR) is 278 cm³/mol. The zero-order chi connectivity index (χ0) is 49.2. The van der Waals surface area contributed by atoms with Crippen LogP contribution in [0.1, 0.15) is 44.8 Å². The number of carbonyl (C=O) groups excluding carboxylic acids is 2. The molecule has 0 aliphatic heterocycles. The van der Waals surface area contributed by atoms with Crippen LogP contribution in [-0.4, -0.2) is 76.4 Å². The van der Waals surface area contributed by atoms with Crippen LogP contribution in [0.3, 0.4) is 0 Å². The van der Waals surface area contributed by atoms with Crippen molar-refractivity contribution in [3.8, 4) is 0 Å². The van der Waals surface area contributed by atoms with Crippen molar-refractivity contribution in [3.05, 3.63) is 264 Å². The summed E-state index contributed by atoms with van der Waals surface area (Å²) in [4.78, 5) is 44.1. The fourth-order valence-corrected chi connectivity index (χ4v) is 9.64. The van der Waals surface area contributed by atoms with Crippen LogP contribution in [0.5, 0.6) is 0 Å². The number of anilines is 3. The molecule has 0 unspecified atom stereocenters. The van der Waals surface area contributed by atoms with Crippen molar-refractivity contribution in [1.82, 2.24) is 24.1 Å². The third kappa shape index (κ3) is 9.65. The molecular formula is C59H56N8O4. The normalized spacial score (nSPS) is 12.3. The predicted octanol–water partition coefficient (Wildman–Crippen LogP) is 9.61. The molecule has 0 fully saturated rings. The number of nitrogens with zero attached hydrogens (tertiary/aromatic N) is 6. The average molecular weight is 941 g/mol. The molecule has 0 bridgehead atoms. The van der Waals surface area contributed by atoms with E-state index in [0.29, 0.717) is 23.0 Å². The minimum Gasteiger partial charge on any atom is -0.467 e. The van der Waals surface area contributed by atoms with Gasteiger partial charge in [0.15, 0.2) is 0 Å². The summed E-state index contributed by atoms with van der Waals surface area (Å²) in [6.07, 6.45) is 7.98. The summed E-state index contributed by atoms with van der Waals surface area (Å²) in [5, 5.41) is 6.71. The van der Waals surface area contributed by atoms with E-state index in [1.54, 1.807) is 0 Å². The first kappa shape index (κ1) is 47.3. The summed E-state index contributed by atoms with van der Waals surface area (Å²) >= 11 is 0. The van der Waals surface area contributed by atoms with Crippen LogP contribution in [0.15, 0.2) is 219 Å². The largest absolute Gasteiger partial charge is 0.467 e. The summed E-state index contributed by atoms with van der Waals surface area (Å²) in [5.74, 6) is -0.224. The molecule has 9 aromatic rings. The summed E-state index contributed by atoms with van der Waals surface area (Å²) in [6.45, 7) is 0. The molecular weight excluding hydrogens is 885 g/mol. The van der Waals surface area contributed by atoms with Crippen molar-refractivity contribution < 1.29 is 19.1 Å². The number of carbonyl (C=O) groups is 2.